The molecule has 0 amide bonds. The number of rotatable bonds is 5. The number of aryl methyl sites for hydroxylation is 1. The van der Waals surface area contributed by atoms with Crippen molar-refractivity contribution in [1.82, 2.24) is 4.40 Å². The number of carbonyl (C=O) groups is 2. The first-order chi connectivity index (χ1) is 14.4. The van der Waals surface area contributed by atoms with Crippen LogP contribution in [-0.4, -0.2) is 27.7 Å². The van der Waals surface area contributed by atoms with Crippen LogP contribution in [-0.2, 0) is 4.74 Å². The van der Waals surface area contributed by atoms with E-state index in [4.69, 9.17) is 4.74 Å². The van der Waals surface area contributed by atoms with Crippen LogP contribution < -0.4 is 0 Å². The van der Waals surface area contributed by atoms with Crippen molar-refractivity contribution in [3.05, 3.63) is 93.2 Å². The number of pyridine rings is 1. The van der Waals surface area contributed by atoms with E-state index in [-0.39, 0.29) is 29.1 Å². The number of esters is 1. The normalized spacial score (nSPS) is 11.0. The number of carbonyl (C=O) groups excluding carboxylic acids is 2. The van der Waals surface area contributed by atoms with Crippen molar-refractivity contribution in [1.29, 1.82) is 0 Å². The summed E-state index contributed by atoms with van der Waals surface area (Å²) in [6.07, 6.45) is 0. The van der Waals surface area contributed by atoms with E-state index in [9.17, 15) is 19.7 Å². The third kappa shape index (κ3) is 3.10. The Morgan fingerprint density at radius 1 is 1.00 bits per heavy atom. The van der Waals surface area contributed by atoms with E-state index in [0.29, 0.717) is 5.52 Å². The molecule has 4 aromatic rings. The molecule has 0 bridgehead atoms. The van der Waals surface area contributed by atoms with E-state index in [2.05, 4.69) is 0 Å². The van der Waals surface area contributed by atoms with Crippen molar-refractivity contribution >= 4 is 33.9 Å². The highest BCUT2D eigenvalue weighted by atomic mass is 16.6. The van der Waals surface area contributed by atoms with Gasteiger partial charge in [0.2, 0.25) is 5.78 Å². The predicted molar refractivity (Wildman–Crippen MR) is 112 cm³/mol. The van der Waals surface area contributed by atoms with Crippen LogP contribution in [0, 0.1) is 17.0 Å². The Kier molecular flexibility index (Phi) is 4.79. The van der Waals surface area contributed by atoms with Gasteiger partial charge in [-0.15, -0.1) is 0 Å². The molecule has 0 saturated carbocycles. The van der Waals surface area contributed by atoms with Crippen molar-refractivity contribution in [2.75, 3.05) is 6.61 Å². The van der Waals surface area contributed by atoms with E-state index in [0.717, 1.165) is 16.5 Å². The SMILES string of the molecule is CCOC(=O)c1cc(C(=O)c2ccccc2[N+](=O)[O-])n2c1ccc1cc(C)ccc12. The Hall–Kier alpha value is -4.00. The highest BCUT2D eigenvalue weighted by Crippen LogP contribution is 2.29. The van der Waals surface area contributed by atoms with Crippen LogP contribution in [0.3, 0.4) is 0 Å². The fourth-order valence-corrected chi connectivity index (χ4v) is 3.63. The average Bonchev–Trinajstić information content (AvgIpc) is 3.13. The Bertz CT molecular complexity index is 1340. The monoisotopic (exact) mass is 402 g/mol. The first-order valence-corrected chi connectivity index (χ1v) is 9.42. The molecule has 0 fully saturated rings. The summed E-state index contributed by atoms with van der Waals surface area (Å²) >= 11 is 0. The highest BCUT2D eigenvalue weighted by molar-refractivity contribution is 6.14. The van der Waals surface area contributed by atoms with E-state index < -0.39 is 16.7 Å². The second-order valence-corrected chi connectivity index (χ2v) is 6.88. The van der Waals surface area contributed by atoms with Crippen molar-refractivity contribution in [2.45, 2.75) is 13.8 Å². The van der Waals surface area contributed by atoms with Gasteiger partial charge in [-0.05, 0) is 49.6 Å². The van der Waals surface area contributed by atoms with Crippen LogP contribution >= 0.6 is 0 Å². The zero-order valence-corrected chi connectivity index (χ0v) is 16.4. The molecule has 2 aromatic carbocycles. The number of nitro benzene ring substituents is 1. The summed E-state index contributed by atoms with van der Waals surface area (Å²) in [5.74, 6) is -1.09. The number of nitrogens with zero attached hydrogens (tertiary/aromatic N) is 2. The number of hydrogen-bond acceptors (Lipinski definition) is 5. The molecular weight excluding hydrogens is 384 g/mol. The number of para-hydroxylation sites is 1. The van der Waals surface area contributed by atoms with Gasteiger partial charge < -0.3 is 9.14 Å². The van der Waals surface area contributed by atoms with Crippen LogP contribution in [0.2, 0.25) is 0 Å². The minimum absolute atomic E-state index is 0.0403. The lowest BCUT2D eigenvalue weighted by Crippen LogP contribution is -2.08. The molecule has 0 unspecified atom stereocenters. The summed E-state index contributed by atoms with van der Waals surface area (Å²) in [7, 11) is 0. The third-order valence-corrected chi connectivity index (χ3v) is 4.96. The second-order valence-electron chi connectivity index (χ2n) is 6.88. The Balaban J connectivity index is 2.05. The molecule has 0 N–H and O–H groups in total. The van der Waals surface area contributed by atoms with Gasteiger partial charge in [0.15, 0.2) is 0 Å². The van der Waals surface area contributed by atoms with Gasteiger partial charge in [-0.25, -0.2) is 4.79 Å². The number of hydrogen-bond donors (Lipinski definition) is 0. The molecule has 0 aliphatic heterocycles. The van der Waals surface area contributed by atoms with E-state index >= 15 is 0 Å². The molecule has 30 heavy (non-hydrogen) atoms. The molecule has 0 saturated heterocycles. The molecule has 0 aliphatic rings. The van der Waals surface area contributed by atoms with Crippen LogP contribution in [0.25, 0.3) is 16.4 Å². The van der Waals surface area contributed by atoms with Gasteiger partial charge >= 0.3 is 5.97 Å². The molecule has 0 spiro atoms. The number of fused-ring (bicyclic) bond motifs is 3. The molecule has 0 radical (unpaired) electrons. The minimum atomic E-state index is -0.587. The third-order valence-electron chi connectivity index (χ3n) is 4.96. The van der Waals surface area contributed by atoms with Gasteiger partial charge in [-0.2, -0.15) is 0 Å². The lowest BCUT2D eigenvalue weighted by Gasteiger charge is -2.09. The van der Waals surface area contributed by atoms with Gasteiger partial charge in [-0.3, -0.25) is 14.9 Å². The topological polar surface area (TPSA) is 90.9 Å². The maximum absolute atomic E-state index is 13.4. The summed E-state index contributed by atoms with van der Waals surface area (Å²) in [6.45, 7) is 3.85. The van der Waals surface area contributed by atoms with Crippen LogP contribution in [0.4, 0.5) is 5.69 Å². The first kappa shape index (κ1) is 19.3. The maximum Gasteiger partial charge on any atom is 0.340 e. The Morgan fingerprint density at radius 3 is 2.47 bits per heavy atom. The highest BCUT2D eigenvalue weighted by Gasteiger charge is 2.26. The maximum atomic E-state index is 13.4. The summed E-state index contributed by atoms with van der Waals surface area (Å²) in [6, 6.07) is 16.6. The zero-order chi connectivity index (χ0) is 21.4. The number of nitro groups is 1. The first-order valence-electron chi connectivity index (χ1n) is 9.42. The lowest BCUT2D eigenvalue weighted by molar-refractivity contribution is -0.385. The summed E-state index contributed by atoms with van der Waals surface area (Å²) in [4.78, 5) is 36.8. The summed E-state index contributed by atoms with van der Waals surface area (Å²) in [5, 5.41) is 12.3. The zero-order valence-electron chi connectivity index (χ0n) is 16.4. The standard InChI is InChI=1S/C23H18N2O5/c1-3-30-23(27)17-13-21(22(26)16-6-4-5-7-20(16)25(28)29)24-18-10-8-14(2)12-15(18)9-11-19(17)24/h4-13H,3H2,1-2H3. The van der Waals surface area contributed by atoms with Crippen molar-refractivity contribution in [2.24, 2.45) is 0 Å². The van der Waals surface area contributed by atoms with Crippen LogP contribution in [0.15, 0.2) is 60.7 Å². The van der Waals surface area contributed by atoms with Gasteiger partial charge in [0.05, 0.1) is 33.8 Å². The number of benzene rings is 2. The van der Waals surface area contributed by atoms with Crippen LogP contribution in [0.1, 0.15) is 38.9 Å². The smallest absolute Gasteiger partial charge is 0.340 e. The van der Waals surface area contributed by atoms with Crippen molar-refractivity contribution in [3.63, 3.8) is 0 Å². The molecule has 7 heteroatoms. The summed E-state index contributed by atoms with van der Waals surface area (Å²) in [5.41, 5.74) is 2.35. The van der Waals surface area contributed by atoms with Gasteiger partial charge in [0.25, 0.3) is 5.69 Å². The van der Waals surface area contributed by atoms with Gasteiger partial charge in [0.1, 0.15) is 5.56 Å². The van der Waals surface area contributed by atoms with E-state index in [1.165, 1.54) is 24.3 Å². The number of aromatic nitrogens is 1. The number of ketones is 1. The Morgan fingerprint density at radius 2 is 1.73 bits per heavy atom. The van der Waals surface area contributed by atoms with E-state index in [1.54, 1.807) is 23.5 Å². The van der Waals surface area contributed by atoms with Crippen molar-refractivity contribution < 1.29 is 19.2 Å². The minimum Gasteiger partial charge on any atom is -0.462 e. The molecule has 0 atom stereocenters. The predicted octanol–water partition coefficient (Wildman–Crippen LogP) is 4.72. The van der Waals surface area contributed by atoms with Gasteiger partial charge in [-0.1, -0.05) is 29.8 Å². The van der Waals surface area contributed by atoms with Crippen LogP contribution in [0.5, 0.6) is 0 Å². The lowest BCUT2D eigenvalue weighted by atomic mass is 10.1. The average molecular weight is 402 g/mol. The summed E-state index contributed by atoms with van der Waals surface area (Å²) < 4.78 is 6.82. The molecule has 0 aliphatic carbocycles. The van der Waals surface area contributed by atoms with Crippen molar-refractivity contribution in [3.8, 4) is 0 Å². The molecule has 2 aromatic heterocycles. The molecule has 4 rings (SSSR count). The Labute approximate surface area is 171 Å². The molecule has 2 heterocycles. The molecular formula is C23H18N2O5. The quantitative estimate of drug-likeness (QED) is 0.209. The molecule has 7 nitrogen and oxygen atoms in total. The fraction of sp³-hybridized carbons (Fsp3) is 0.130. The fourth-order valence-electron chi connectivity index (χ4n) is 3.63. The molecule has 150 valence electrons. The number of ether oxygens (including phenoxy) is 1. The van der Waals surface area contributed by atoms with Gasteiger partial charge in [0, 0.05) is 6.07 Å². The second kappa shape index (κ2) is 7.44. The van der Waals surface area contributed by atoms with E-state index in [1.807, 2.05) is 31.2 Å². The largest absolute Gasteiger partial charge is 0.462 e.